The van der Waals surface area contributed by atoms with Crippen LogP contribution in [0.15, 0.2) is 411 Å². The molecule has 572 valence electrons. The van der Waals surface area contributed by atoms with E-state index in [-0.39, 0.29) is 0 Å². The zero-order chi connectivity index (χ0) is 82.0. The topological polar surface area (TPSA) is 117 Å². The van der Waals surface area contributed by atoms with Crippen molar-refractivity contribution in [1.82, 2.24) is 24.5 Å². The summed E-state index contributed by atoms with van der Waals surface area (Å²) in [6.07, 6.45) is 0. The Morgan fingerprint density at radius 1 is 0.202 bits per heavy atom. The van der Waals surface area contributed by atoms with Gasteiger partial charge in [0.15, 0.2) is 11.6 Å². The Bertz CT molecular complexity index is 8370. The van der Waals surface area contributed by atoms with Crippen molar-refractivity contribution in [2.24, 2.45) is 0 Å². The molecule has 0 N–H and O–H groups in total. The van der Waals surface area contributed by atoms with Gasteiger partial charge in [0, 0.05) is 60.6 Å². The number of hydrogen-bond acceptors (Lipinski definition) is 7. The van der Waals surface area contributed by atoms with Crippen molar-refractivity contribution in [3.8, 4) is 175 Å². The lowest BCUT2D eigenvalue weighted by Crippen LogP contribution is -1.98. The lowest BCUT2D eigenvalue weighted by atomic mass is 9.86. The summed E-state index contributed by atoms with van der Waals surface area (Å²) in [5.74, 6) is 1.34. The first kappa shape index (κ1) is 71.1. The third kappa shape index (κ3) is 11.5. The van der Waals surface area contributed by atoms with Gasteiger partial charge in [0.25, 0.3) is 0 Å². The molecule has 2 aliphatic carbocycles. The molecule has 19 aromatic carbocycles. The standard InChI is InChI=1S/C61H36N4.C55H31N3O/c62-37-38-22-24-39(25-23-38)43-30-33-52-46-16-6-7-17-47(46)53-34-35-54(59(43)60(52)53)48-31-32-49(45-15-5-4-14-44(45)48)56-36-55(63-61(64-56)41-12-2-1-3-13-41)40-26-28-42(29-27-40)65-57-20-10-8-18-50(57)51-19-9-11-21-58(51)65;56-32-33-21-23-34(24-22-33)36-25-28-43-39-15-6-7-16-40(39)44-29-30-45(53(36)54(43)44)41-26-27-42(38-14-5-4-13-37(38)41)48-31-49(58-55(57-48)35-11-2-1-3-12-35)46-18-10-20-51-52(46)47-17-8-9-19-50(47)59-51/h1-36H;1-31H. The maximum atomic E-state index is 9.64. The molecule has 0 saturated carbocycles. The number of hydrogen-bond donors (Lipinski definition) is 0. The second-order valence-electron chi connectivity index (χ2n) is 31.9. The monoisotopic (exact) mass is 1570 g/mol. The Balaban J connectivity index is 0.000000140. The van der Waals surface area contributed by atoms with Crippen molar-refractivity contribution < 1.29 is 4.42 Å². The van der Waals surface area contributed by atoms with Gasteiger partial charge in [-0.25, -0.2) is 19.9 Å². The number of benzene rings is 19. The van der Waals surface area contributed by atoms with Gasteiger partial charge in [-0.1, -0.05) is 334 Å². The molecule has 0 fully saturated rings. The summed E-state index contributed by atoms with van der Waals surface area (Å²) in [5, 5.41) is 33.2. The Hall–Kier alpha value is -17.0. The van der Waals surface area contributed by atoms with Crippen LogP contribution >= 0.6 is 0 Å². The number of nitrogens with zero attached hydrogens (tertiary/aromatic N) is 7. The minimum Gasteiger partial charge on any atom is -0.456 e. The Kier molecular flexibility index (Phi) is 16.6. The predicted molar refractivity (Wildman–Crippen MR) is 508 cm³/mol. The fraction of sp³-hybridized carbons (Fsp3) is 0. The smallest absolute Gasteiger partial charge is 0.160 e. The highest BCUT2D eigenvalue weighted by Crippen LogP contribution is 2.56. The van der Waals surface area contributed by atoms with Crippen LogP contribution in [0.3, 0.4) is 0 Å². The van der Waals surface area contributed by atoms with Gasteiger partial charge in [-0.05, 0) is 205 Å². The number of para-hydroxylation sites is 3. The minimum absolute atomic E-state index is 0.645. The van der Waals surface area contributed by atoms with Gasteiger partial charge in [0.2, 0.25) is 0 Å². The molecular formula is C116H67N7O. The summed E-state index contributed by atoms with van der Waals surface area (Å²) in [5.41, 5.74) is 34.9. The molecule has 2 aliphatic rings. The third-order valence-electron chi connectivity index (χ3n) is 25.2. The van der Waals surface area contributed by atoms with Crippen LogP contribution in [0, 0.1) is 22.7 Å². The van der Waals surface area contributed by atoms with Gasteiger partial charge < -0.3 is 8.98 Å². The zero-order valence-electron chi connectivity index (χ0n) is 66.7. The van der Waals surface area contributed by atoms with Crippen LogP contribution in [0.1, 0.15) is 11.1 Å². The number of nitriles is 2. The van der Waals surface area contributed by atoms with Crippen molar-refractivity contribution in [2.75, 3.05) is 0 Å². The quantitative estimate of drug-likeness (QED) is 0.127. The molecular weight excluding hydrogens is 1510 g/mol. The maximum absolute atomic E-state index is 9.64. The highest BCUT2D eigenvalue weighted by molar-refractivity contribution is 6.26. The molecule has 0 spiro atoms. The maximum Gasteiger partial charge on any atom is 0.160 e. The molecule has 0 amide bonds. The molecule has 4 heterocycles. The molecule has 4 aromatic heterocycles. The molecule has 8 nitrogen and oxygen atoms in total. The molecule has 0 unspecified atom stereocenters. The molecule has 124 heavy (non-hydrogen) atoms. The van der Waals surface area contributed by atoms with E-state index in [0.29, 0.717) is 22.8 Å². The van der Waals surface area contributed by atoms with E-state index in [1.165, 1.54) is 87.9 Å². The molecule has 0 atom stereocenters. The second-order valence-corrected chi connectivity index (χ2v) is 31.9. The number of aromatic nitrogens is 5. The van der Waals surface area contributed by atoms with E-state index in [2.05, 4.69) is 338 Å². The van der Waals surface area contributed by atoms with Crippen LogP contribution in [0.2, 0.25) is 0 Å². The molecule has 0 aliphatic heterocycles. The summed E-state index contributed by atoms with van der Waals surface area (Å²) in [4.78, 5) is 21.1. The number of rotatable bonds is 11. The van der Waals surface area contributed by atoms with Crippen LogP contribution in [-0.4, -0.2) is 24.5 Å². The van der Waals surface area contributed by atoms with Crippen molar-refractivity contribution in [1.29, 1.82) is 10.5 Å². The largest absolute Gasteiger partial charge is 0.456 e. The first-order chi connectivity index (χ1) is 61.4. The Morgan fingerprint density at radius 2 is 0.516 bits per heavy atom. The van der Waals surface area contributed by atoms with Crippen molar-refractivity contribution in [3.05, 3.63) is 418 Å². The highest BCUT2D eigenvalue weighted by atomic mass is 16.3. The van der Waals surface area contributed by atoms with Gasteiger partial charge in [0.05, 0.1) is 57.1 Å². The highest BCUT2D eigenvalue weighted by Gasteiger charge is 2.30. The van der Waals surface area contributed by atoms with Crippen molar-refractivity contribution in [3.63, 3.8) is 0 Å². The van der Waals surface area contributed by atoms with E-state index in [1.54, 1.807) is 0 Å². The Morgan fingerprint density at radius 3 is 0.968 bits per heavy atom. The van der Waals surface area contributed by atoms with Crippen LogP contribution in [0.25, 0.3) is 249 Å². The first-order valence-electron chi connectivity index (χ1n) is 41.8. The van der Waals surface area contributed by atoms with Crippen molar-refractivity contribution >= 4 is 86.8 Å². The van der Waals surface area contributed by atoms with Gasteiger partial charge in [-0.3, -0.25) is 0 Å². The normalized spacial score (nSPS) is 11.7. The van der Waals surface area contributed by atoms with Crippen molar-refractivity contribution in [2.45, 2.75) is 0 Å². The Labute approximate surface area is 713 Å². The van der Waals surface area contributed by atoms with E-state index < -0.39 is 0 Å². The summed E-state index contributed by atoms with van der Waals surface area (Å²) < 4.78 is 8.66. The molecule has 23 aromatic rings. The third-order valence-corrected chi connectivity index (χ3v) is 25.2. The van der Waals surface area contributed by atoms with E-state index in [0.717, 1.165) is 150 Å². The minimum atomic E-state index is 0.645. The molecule has 0 saturated heterocycles. The number of fused-ring (bicyclic) bond motifs is 14. The number of furan rings is 1. The summed E-state index contributed by atoms with van der Waals surface area (Å²) >= 11 is 0. The molecule has 25 rings (SSSR count). The van der Waals surface area contributed by atoms with Crippen LogP contribution in [-0.2, 0) is 0 Å². The molecule has 0 radical (unpaired) electrons. The lowest BCUT2D eigenvalue weighted by Gasteiger charge is -2.18. The summed E-state index contributed by atoms with van der Waals surface area (Å²) in [7, 11) is 0. The van der Waals surface area contributed by atoms with Gasteiger partial charge in [-0.2, -0.15) is 10.5 Å². The van der Waals surface area contributed by atoms with E-state index in [4.69, 9.17) is 24.4 Å². The van der Waals surface area contributed by atoms with Crippen LogP contribution < -0.4 is 0 Å². The molecule has 8 heteroatoms. The summed E-state index contributed by atoms with van der Waals surface area (Å²) in [6, 6.07) is 148. The van der Waals surface area contributed by atoms with Crippen LogP contribution in [0.4, 0.5) is 0 Å². The average Bonchev–Trinajstić information content (AvgIpc) is 1.48. The first-order valence-corrected chi connectivity index (χ1v) is 41.8. The van der Waals surface area contributed by atoms with Gasteiger partial charge in [-0.15, -0.1) is 0 Å². The fourth-order valence-corrected chi connectivity index (χ4v) is 19.5. The van der Waals surface area contributed by atoms with Gasteiger partial charge >= 0.3 is 0 Å². The zero-order valence-corrected chi connectivity index (χ0v) is 66.7. The van der Waals surface area contributed by atoms with E-state index >= 15 is 0 Å². The van der Waals surface area contributed by atoms with E-state index in [1.807, 2.05) is 84.9 Å². The van der Waals surface area contributed by atoms with Gasteiger partial charge in [0.1, 0.15) is 11.2 Å². The second kappa shape index (κ2) is 28.9. The summed E-state index contributed by atoms with van der Waals surface area (Å²) in [6.45, 7) is 0. The fourth-order valence-electron chi connectivity index (χ4n) is 19.5. The lowest BCUT2D eigenvalue weighted by molar-refractivity contribution is 0.669. The SMILES string of the molecule is N#Cc1ccc(-c2ccc3c4c(ccc(-c5ccc(-c6cc(-c7ccc(-n8c9ccccc9c9ccccc98)cc7)nc(-c7ccccc7)n6)c6ccccc56)c24)-c2ccccc2-3)cc1.N#Cc1ccc(-c2ccc3c4c(ccc(-c5ccc(-c6cc(-c7cccc8oc9ccccc9c78)nc(-c7ccccc7)n6)c6ccccc56)c24)-c2ccccc2-3)cc1. The predicted octanol–water partition coefficient (Wildman–Crippen LogP) is 30.3. The average molecular weight is 1570 g/mol. The molecule has 0 bridgehead atoms. The van der Waals surface area contributed by atoms with Crippen LogP contribution in [0.5, 0.6) is 0 Å². The van der Waals surface area contributed by atoms with E-state index in [9.17, 15) is 10.5 Å².